The Morgan fingerprint density at radius 1 is 1.00 bits per heavy atom. The average molecular weight is 585 g/mol. The van der Waals surface area contributed by atoms with E-state index in [1.54, 1.807) is 41.3 Å². The van der Waals surface area contributed by atoms with Gasteiger partial charge in [-0.3, -0.25) is 9.59 Å². The Labute approximate surface area is 238 Å². The van der Waals surface area contributed by atoms with Crippen LogP contribution in [0.5, 0.6) is 11.5 Å². The summed E-state index contributed by atoms with van der Waals surface area (Å²) in [5.41, 5.74) is 7.93. The summed E-state index contributed by atoms with van der Waals surface area (Å²) in [4.78, 5) is 30.4. The van der Waals surface area contributed by atoms with Gasteiger partial charge in [-0.15, -0.1) is 0 Å². The Hall–Kier alpha value is -4.32. The molecule has 4 rings (SSSR count). The maximum atomic E-state index is 13.8. The molecule has 1 unspecified atom stereocenters. The predicted octanol–water partition coefficient (Wildman–Crippen LogP) is 2.58. The molecule has 1 aliphatic rings. The second-order valence-electron chi connectivity index (χ2n) is 9.65. The zero-order valence-electron chi connectivity index (χ0n) is 23.1. The van der Waals surface area contributed by atoms with Crippen LogP contribution in [0, 0.1) is 5.82 Å². The first-order valence-corrected chi connectivity index (χ1v) is 14.8. The topological polar surface area (TPSA) is 131 Å². The van der Waals surface area contributed by atoms with Gasteiger partial charge in [0.15, 0.2) is 21.3 Å². The summed E-state index contributed by atoms with van der Waals surface area (Å²) in [7, 11) is -0.728. The highest BCUT2D eigenvalue weighted by Crippen LogP contribution is 2.35. The van der Waals surface area contributed by atoms with Crippen molar-refractivity contribution in [3.63, 3.8) is 0 Å². The van der Waals surface area contributed by atoms with Crippen LogP contribution in [-0.4, -0.2) is 71.8 Å². The number of carbonyl (C=O) groups is 2. The first-order valence-electron chi connectivity index (χ1n) is 12.9. The molecule has 12 heteroatoms. The quantitative estimate of drug-likeness (QED) is 0.367. The van der Waals surface area contributed by atoms with Crippen molar-refractivity contribution in [3.05, 3.63) is 77.6 Å². The van der Waals surface area contributed by atoms with Gasteiger partial charge in [-0.2, -0.15) is 0 Å². The number of nitrogen functional groups attached to an aromatic ring is 1. The van der Waals surface area contributed by atoms with Crippen molar-refractivity contribution >= 4 is 33.0 Å². The van der Waals surface area contributed by atoms with Crippen molar-refractivity contribution in [1.82, 2.24) is 10.2 Å². The van der Waals surface area contributed by atoms with Crippen molar-refractivity contribution in [3.8, 4) is 11.5 Å². The van der Waals surface area contributed by atoms with Gasteiger partial charge in [-0.1, -0.05) is 30.3 Å². The van der Waals surface area contributed by atoms with Crippen LogP contribution >= 0.6 is 0 Å². The molecule has 3 aromatic carbocycles. The molecule has 0 aliphatic carbocycles. The highest BCUT2D eigenvalue weighted by molar-refractivity contribution is 7.90. The van der Waals surface area contributed by atoms with E-state index in [4.69, 9.17) is 15.2 Å². The van der Waals surface area contributed by atoms with E-state index >= 15 is 0 Å². The summed E-state index contributed by atoms with van der Waals surface area (Å²) in [5.74, 6) is -0.614. The third-order valence-electron chi connectivity index (χ3n) is 6.96. The van der Waals surface area contributed by atoms with Gasteiger partial charge >= 0.3 is 0 Å². The Morgan fingerprint density at radius 2 is 1.68 bits per heavy atom. The van der Waals surface area contributed by atoms with E-state index in [2.05, 4.69) is 5.32 Å². The third kappa shape index (κ3) is 6.71. The normalized spacial score (nSPS) is 14.3. The Kier molecular flexibility index (Phi) is 9.01. The van der Waals surface area contributed by atoms with Crippen molar-refractivity contribution in [2.75, 3.05) is 57.3 Å². The molecule has 1 heterocycles. The fraction of sp³-hybridized carbons (Fsp3) is 0.310. The minimum Gasteiger partial charge on any atom is -0.493 e. The van der Waals surface area contributed by atoms with E-state index in [9.17, 15) is 22.4 Å². The van der Waals surface area contributed by atoms with Gasteiger partial charge in [0.2, 0.25) is 11.8 Å². The molecular formula is C29H33FN4O6S. The molecule has 0 aromatic heterocycles. The second kappa shape index (κ2) is 12.5. The minimum atomic E-state index is -3.67. The summed E-state index contributed by atoms with van der Waals surface area (Å²) in [6.07, 6.45) is 0.891. The lowest BCUT2D eigenvalue weighted by atomic mass is 10.0. The third-order valence-corrected chi connectivity index (χ3v) is 8.09. The lowest BCUT2D eigenvalue weighted by Gasteiger charge is -2.38. The van der Waals surface area contributed by atoms with Crippen LogP contribution in [0.2, 0.25) is 0 Å². The number of carbonyl (C=O) groups excluding carboxylic acids is 2. The molecule has 41 heavy (non-hydrogen) atoms. The van der Waals surface area contributed by atoms with Crippen molar-refractivity contribution in [1.29, 1.82) is 0 Å². The van der Waals surface area contributed by atoms with Crippen LogP contribution in [0.4, 0.5) is 15.8 Å². The number of piperazine rings is 1. The number of nitrogens with one attached hydrogen (secondary N) is 1. The first kappa shape index (κ1) is 29.7. The number of methoxy groups -OCH3 is 2. The van der Waals surface area contributed by atoms with Gasteiger partial charge < -0.3 is 30.3 Å². The monoisotopic (exact) mass is 584 g/mol. The number of hydrogen-bond donors (Lipinski definition) is 2. The summed E-state index contributed by atoms with van der Waals surface area (Å²) >= 11 is 0. The summed E-state index contributed by atoms with van der Waals surface area (Å²) in [6, 6.07) is 14.9. The number of hydrogen-bond acceptors (Lipinski definition) is 8. The molecule has 1 saturated heterocycles. The fourth-order valence-corrected chi connectivity index (χ4v) is 5.79. The Morgan fingerprint density at radius 3 is 2.29 bits per heavy atom. The molecule has 0 bridgehead atoms. The van der Waals surface area contributed by atoms with E-state index in [1.807, 2.05) is 11.0 Å². The highest BCUT2D eigenvalue weighted by Gasteiger charge is 2.31. The van der Waals surface area contributed by atoms with Crippen LogP contribution in [0.1, 0.15) is 17.2 Å². The molecule has 10 nitrogen and oxygen atoms in total. The minimum absolute atomic E-state index is 0.0982. The van der Waals surface area contributed by atoms with E-state index in [-0.39, 0.29) is 30.3 Å². The number of anilines is 2. The number of amides is 2. The molecule has 218 valence electrons. The second-order valence-corrected chi connectivity index (χ2v) is 11.6. The van der Waals surface area contributed by atoms with Crippen LogP contribution in [-0.2, 0) is 25.8 Å². The number of benzene rings is 3. The molecule has 0 saturated carbocycles. The standard InChI is InChI=1S/C29H33FN4O6S/c1-39-24-12-10-22(31)21(28(24)40-2)18-26(35)32-27(19-7-5-4-6-8-19)29(36)34-15-13-33(14-16-34)23-11-9-20(30)17-25(23)41(3,37)38/h4-12,17,27H,13-16,18,31H2,1-3H3,(H,32,35). The molecule has 1 atom stereocenters. The fourth-order valence-electron chi connectivity index (χ4n) is 4.89. The molecule has 0 spiro atoms. The van der Waals surface area contributed by atoms with Crippen LogP contribution < -0.4 is 25.4 Å². The number of nitrogens with zero attached hydrogens (tertiary/aromatic N) is 2. The van der Waals surface area contributed by atoms with Crippen molar-refractivity contribution in [2.45, 2.75) is 17.4 Å². The van der Waals surface area contributed by atoms with E-state index in [1.165, 1.54) is 26.4 Å². The first-order chi connectivity index (χ1) is 19.5. The summed E-state index contributed by atoms with van der Waals surface area (Å²) < 4.78 is 49.1. The van der Waals surface area contributed by atoms with Gasteiger partial charge in [0.25, 0.3) is 0 Å². The SMILES string of the molecule is COc1ccc(N)c(CC(=O)NC(C(=O)N2CCN(c3ccc(F)cc3S(C)(=O)=O)CC2)c2ccccc2)c1OC. The zero-order valence-corrected chi connectivity index (χ0v) is 23.9. The molecule has 1 aliphatic heterocycles. The van der Waals surface area contributed by atoms with Gasteiger partial charge in [0.1, 0.15) is 11.9 Å². The predicted molar refractivity (Wildman–Crippen MR) is 153 cm³/mol. The Bertz CT molecular complexity index is 1530. The average Bonchev–Trinajstić information content (AvgIpc) is 2.96. The van der Waals surface area contributed by atoms with Crippen LogP contribution in [0.25, 0.3) is 0 Å². The lowest BCUT2D eigenvalue weighted by molar-refractivity contribution is -0.136. The maximum Gasteiger partial charge on any atom is 0.249 e. The number of halogens is 1. The van der Waals surface area contributed by atoms with E-state index in [0.29, 0.717) is 47.1 Å². The number of rotatable bonds is 9. The molecule has 2 amide bonds. The molecule has 3 N–H and O–H groups in total. The maximum absolute atomic E-state index is 13.8. The van der Waals surface area contributed by atoms with Gasteiger partial charge in [-0.25, -0.2) is 12.8 Å². The lowest BCUT2D eigenvalue weighted by Crippen LogP contribution is -2.52. The van der Waals surface area contributed by atoms with Crippen molar-refractivity contribution < 1.29 is 31.9 Å². The largest absolute Gasteiger partial charge is 0.493 e. The number of nitrogens with two attached hydrogens (primary N) is 1. The molecule has 0 radical (unpaired) electrons. The van der Waals surface area contributed by atoms with Gasteiger partial charge in [0, 0.05) is 43.7 Å². The van der Waals surface area contributed by atoms with E-state index in [0.717, 1.165) is 12.3 Å². The van der Waals surface area contributed by atoms with Crippen LogP contribution in [0.3, 0.4) is 0 Å². The Balaban J connectivity index is 1.52. The summed E-state index contributed by atoms with van der Waals surface area (Å²) in [5, 5.41) is 2.86. The van der Waals surface area contributed by atoms with Gasteiger partial charge in [-0.05, 0) is 35.9 Å². The summed E-state index contributed by atoms with van der Waals surface area (Å²) in [6.45, 7) is 1.20. The van der Waals surface area contributed by atoms with Crippen LogP contribution in [0.15, 0.2) is 65.6 Å². The highest BCUT2D eigenvalue weighted by atomic mass is 32.2. The molecular weight excluding hydrogens is 551 g/mol. The molecule has 1 fully saturated rings. The smallest absolute Gasteiger partial charge is 0.249 e. The zero-order chi connectivity index (χ0) is 29.7. The van der Waals surface area contributed by atoms with Gasteiger partial charge in [0.05, 0.1) is 31.2 Å². The number of ether oxygens (including phenoxy) is 2. The number of sulfone groups is 1. The van der Waals surface area contributed by atoms with Crippen molar-refractivity contribution in [2.24, 2.45) is 0 Å². The molecule has 3 aromatic rings. The van der Waals surface area contributed by atoms with E-state index < -0.39 is 27.6 Å².